The van der Waals surface area contributed by atoms with Crippen molar-refractivity contribution in [3.05, 3.63) is 41.7 Å². The lowest BCUT2D eigenvalue weighted by atomic mass is 10.3. The molecule has 1 amide bonds. The Hall–Kier alpha value is -2.67. The van der Waals surface area contributed by atoms with E-state index in [4.69, 9.17) is 4.74 Å². The van der Waals surface area contributed by atoms with Crippen LogP contribution in [0.2, 0.25) is 0 Å². The highest BCUT2D eigenvalue weighted by molar-refractivity contribution is 5.92. The Kier molecular flexibility index (Phi) is 6.71. The van der Waals surface area contributed by atoms with Gasteiger partial charge in [-0.05, 0) is 64.3 Å². The minimum Gasteiger partial charge on any atom is -0.497 e. The standard InChI is InChI=1S/C18H25N5O2/c1-13-12-16(17(24)19-10-5-11-23(2)3)22-18(20-13)21-14-6-8-15(25-4)9-7-14/h6-9,12H,5,10-11H2,1-4H3,(H,19,24)(H,20,21,22). The molecular formula is C18H25N5O2. The number of aryl methyl sites for hydroxylation is 1. The number of ether oxygens (including phenoxy) is 1. The summed E-state index contributed by atoms with van der Waals surface area (Å²) in [6, 6.07) is 9.10. The van der Waals surface area contributed by atoms with Crippen molar-refractivity contribution < 1.29 is 9.53 Å². The van der Waals surface area contributed by atoms with Crippen LogP contribution in [-0.2, 0) is 0 Å². The molecule has 0 aliphatic carbocycles. The molecule has 0 fully saturated rings. The summed E-state index contributed by atoms with van der Waals surface area (Å²) >= 11 is 0. The van der Waals surface area contributed by atoms with Crippen LogP contribution in [0.1, 0.15) is 22.6 Å². The van der Waals surface area contributed by atoms with E-state index in [0.29, 0.717) is 18.2 Å². The molecule has 0 spiro atoms. The molecular weight excluding hydrogens is 318 g/mol. The largest absolute Gasteiger partial charge is 0.497 e. The Labute approximate surface area is 148 Å². The third-order valence-electron chi connectivity index (χ3n) is 3.50. The van der Waals surface area contributed by atoms with Gasteiger partial charge >= 0.3 is 0 Å². The molecule has 0 aliphatic rings. The van der Waals surface area contributed by atoms with Gasteiger partial charge in [-0.3, -0.25) is 4.79 Å². The van der Waals surface area contributed by atoms with Crippen molar-refractivity contribution in [2.75, 3.05) is 39.6 Å². The van der Waals surface area contributed by atoms with Gasteiger partial charge in [0, 0.05) is 17.9 Å². The summed E-state index contributed by atoms with van der Waals surface area (Å²) < 4.78 is 5.14. The maximum Gasteiger partial charge on any atom is 0.270 e. The molecule has 0 radical (unpaired) electrons. The normalized spacial score (nSPS) is 10.6. The fraction of sp³-hybridized carbons (Fsp3) is 0.389. The van der Waals surface area contributed by atoms with Crippen molar-refractivity contribution in [3.63, 3.8) is 0 Å². The van der Waals surface area contributed by atoms with Gasteiger partial charge in [0.05, 0.1) is 7.11 Å². The van der Waals surface area contributed by atoms with Gasteiger partial charge in [-0.2, -0.15) is 0 Å². The Bertz CT molecular complexity index is 701. The smallest absolute Gasteiger partial charge is 0.270 e. The van der Waals surface area contributed by atoms with Gasteiger partial charge in [-0.15, -0.1) is 0 Å². The number of carbonyl (C=O) groups excluding carboxylic acids is 1. The summed E-state index contributed by atoms with van der Waals surface area (Å²) in [5, 5.41) is 6.00. The lowest BCUT2D eigenvalue weighted by molar-refractivity contribution is 0.0947. The predicted octanol–water partition coefficient (Wildman–Crippen LogP) is 2.22. The summed E-state index contributed by atoms with van der Waals surface area (Å²) in [5.74, 6) is 0.971. The molecule has 1 heterocycles. The molecule has 0 atom stereocenters. The van der Waals surface area contributed by atoms with Gasteiger partial charge in [-0.25, -0.2) is 9.97 Å². The predicted molar refractivity (Wildman–Crippen MR) is 98.5 cm³/mol. The first-order valence-corrected chi connectivity index (χ1v) is 8.17. The van der Waals surface area contributed by atoms with Gasteiger partial charge in [-0.1, -0.05) is 0 Å². The van der Waals surface area contributed by atoms with Crippen molar-refractivity contribution in [2.24, 2.45) is 0 Å². The maximum atomic E-state index is 12.3. The Balaban J connectivity index is 2.02. The highest BCUT2D eigenvalue weighted by atomic mass is 16.5. The van der Waals surface area contributed by atoms with E-state index in [1.54, 1.807) is 13.2 Å². The Morgan fingerprint density at radius 1 is 1.20 bits per heavy atom. The van der Waals surface area contributed by atoms with Crippen LogP contribution in [0.25, 0.3) is 0 Å². The molecule has 0 saturated carbocycles. The van der Waals surface area contributed by atoms with E-state index in [9.17, 15) is 4.79 Å². The number of carbonyl (C=O) groups is 1. The molecule has 0 bridgehead atoms. The van der Waals surface area contributed by atoms with Crippen LogP contribution in [0.3, 0.4) is 0 Å². The van der Waals surface area contributed by atoms with Crippen LogP contribution in [-0.4, -0.2) is 55.1 Å². The van der Waals surface area contributed by atoms with Gasteiger partial charge in [0.15, 0.2) is 0 Å². The number of nitrogens with one attached hydrogen (secondary N) is 2. The monoisotopic (exact) mass is 343 g/mol. The van der Waals surface area contributed by atoms with Crippen molar-refractivity contribution in [2.45, 2.75) is 13.3 Å². The van der Waals surface area contributed by atoms with Gasteiger partial charge in [0.2, 0.25) is 5.95 Å². The Morgan fingerprint density at radius 3 is 2.56 bits per heavy atom. The molecule has 2 aromatic rings. The van der Waals surface area contributed by atoms with Crippen LogP contribution in [0.15, 0.2) is 30.3 Å². The topological polar surface area (TPSA) is 79.4 Å². The molecule has 134 valence electrons. The molecule has 2 N–H and O–H groups in total. The molecule has 2 rings (SSSR count). The maximum absolute atomic E-state index is 12.3. The quantitative estimate of drug-likeness (QED) is 0.716. The first kappa shape index (κ1) is 18.7. The van der Waals surface area contributed by atoms with Crippen molar-refractivity contribution >= 4 is 17.5 Å². The summed E-state index contributed by atoms with van der Waals surface area (Å²) in [6.07, 6.45) is 0.889. The van der Waals surface area contributed by atoms with Crippen molar-refractivity contribution in [1.29, 1.82) is 0 Å². The van der Waals surface area contributed by atoms with E-state index in [1.807, 2.05) is 45.3 Å². The summed E-state index contributed by atoms with van der Waals surface area (Å²) in [6.45, 7) is 3.37. The number of rotatable bonds is 8. The molecule has 0 aliphatic heterocycles. The third kappa shape index (κ3) is 6.04. The van der Waals surface area contributed by atoms with Crippen LogP contribution < -0.4 is 15.4 Å². The average Bonchev–Trinajstić information content (AvgIpc) is 2.58. The number of hydrogen-bond acceptors (Lipinski definition) is 6. The third-order valence-corrected chi connectivity index (χ3v) is 3.50. The zero-order valence-electron chi connectivity index (χ0n) is 15.2. The van der Waals surface area contributed by atoms with Crippen molar-refractivity contribution in [1.82, 2.24) is 20.2 Å². The highest BCUT2D eigenvalue weighted by Crippen LogP contribution is 2.18. The lowest BCUT2D eigenvalue weighted by Gasteiger charge is -2.11. The fourth-order valence-electron chi connectivity index (χ4n) is 2.23. The van der Waals surface area contributed by atoms with E-state index < -0.39 is 0 Å². The first-order chi connectivity index (χ1) is 12.0. The highest BCUT2D eigenvalue weighted by Gasteiger charge is 2.10. The number of methoxy groups -OCH3 is 1. The zero-order chi connectivity index (χ0) is 18.2. The molecule has 1 aromatic heterocycles. The number of benzene rings is 1. The van der Waals surface area contributed by atoms with E-state index in [0.717, 1.165) is 30.1 Å². The van der Waals surface area contributed by atoms with Crippen LogP contribution in [0.4, 0.5) is 11.6 Å². The molecule has 0 saturated heterocycles. The van der Waals surface area contributed by atoms with Crippen LogP contribution >= 0.6 is 0 Å². The summed E-state index contributed by atoms with van der Waals surface area (Å²) in [5.41, 5.74) is 1.90. The minimum atomic E-state index is -0.193. The van der Waals surface area contributed by atoms with E-state index in [1.165, 1.54) is 0 Å². The fourth-order valence-corrected chi connectivity index (χ4v) is 2.23. The lowest BCUT2D eigenvalue weighted by Crippen LogP contribution is -2.28. The second-order valence-corrected chi connectivity index (χ2v) is 5.98. The second kappa shape index (κ2) is 8.98. The minimum absolute atomic E-state index is 0.193. The van der Waals surface area contributed by atoms with Crippen LogP contribution in [0.5, 0.6) is 5.75 Å². The number of anilines is 2. The van der Waals surface area contributed by atoms with Crippen molar-refractivity contribution in [3.8, 4) is 5.75 Å². The summed E-state index contributed by atoms with van der Waals surface area (Å²) in [7, 11) is 5.63. The van der Waals surface area contributed by atoms with E-state index in [2.05, 4.69) is 25.5 Å². The summed E-state index contributed by atoms with van der Waals surface area (Å²) in [4.78, 5) is 23.0. The average molecular weight is 343 g/mol. The second-order valence-electron chi connectivity index (χ2n) is 5.98. The molecule has 1 aromatic carbocycles. The number of nitrogens with zero attached hydrogens (tertiary/aromatic N) is 3. The molecule has 0 unspecified atom stereocenters. The van der Waals surface area contributed by atoms with Gasteiger partial charge < -0.3 is 20.3 Å². The number of amides is 1. The SMILES string of the molecule is COc1ccc(Nc2nc(C)cc(C(=O)NCCCN(C)C)n2)cc1. The molecule has 7 heteroatoms. The first-order valence-electron chi connectivity index (χ1n) is 8.17. The zero-order valence-corrected chi connectivity index (χ0v) is 15.2. The van der Waals surface area contributed by atoms with E-state index >= 15 is 0 Å². The number of aromatic nitrogens is 2. The Morgan fingerprint density at radius 2 is 1.92 bits per heavy atom. The molecule has 7 nitrogen and oxygen atoms in total. The molecule has 25 heavy (non-hydrogen) atoms. The van der Waals surface area contributed by atoms with Gasteiger partial charge in [0.25, 0.3) is 5.91 Å². The van der Waals surface area contributed by atoms with Crippen LogP contribution in [0, 0.1) is 6.92 Å². The van der Waals surface area contributed by atoms with E-state index in [-0.39, 0.29) is 5.91 Å². The number of hydrogen-bond donors (Lipinski definition) is 2. The van der Waals surface area contributed by atoms with Gasteiger partial charge in [0.1, 0.15) is 11.4 Å².